The number of likely N-dealkylation sites (N-methyl/N-ethyl adjacent to an activating group) is 1. The van der Waals surface area contributed by atoms with Crippen molar-refractivity contribution in [2.24, 2.45) is 5.73 Å². The fraction of sp³-hybridized carbons (Fsp3) is 0.412. The minimum atomic E-state index is -0.623. The monoisotopic (exact) mass is 330 g/mol. The van der Waals surface area contributed by atoms with Gasteiger partial charge in [-0.1, -0.05) is 0 Å². The van der Waals surface area contributed by atoms with Crippen LogP contribution in [0.1, 0.15) is 18.5 Å². The molecule has 0 saturated heterocycles. The van der Waals surface area contributed by atoms with Gasteiger partial charge in [0.25, 0.3) is 0 Å². The Morgan fingerprint density at radius 3 is 2.92 bits per heavy atom. The van der Waals surface area contributed by atoms with Crippen molar-refractivity contribution in [2.45, 2.75) is 32.0 Å². The lowest BCUT2D eigenvalue weighted by molar-refractivity contribution is -0.132. The van der Waals surface area contributed by atoms with Crippen molar-refractivity contribution < 1.29 is 14.7 Å². The molecule has 3 rings (SSSR count). The van der Waals surface area contributed by atoms with Crippen molar-refractivity contribution in [2.75, 3.05) is 18.9 Å². The first-order valence-electron chi connectivity index (χ1n) is 8.00. The van der Waals surface area contributed by atoms with E-state index in [1.165, 1.54) is 0 Å². The van der Waals surface area contributed by atoms with E-state index in [1.54, 1.807) is 4.90 Å². The second-order valence-corrected chi connectivity index (χ2v) is 6.28. The highest BCUT2D eigenvalue weighted by molar-refractivity contribution is 5.88. The summed E-state index contributed by atoms with van der Waals surface area (Å²) in [6, 6.07) is 8.01. The Labute approximate surface area is 140 Å². The second-order valence-electron chi connectivity index (χ2n) is 6.28. The van der Waals surface area contributed by atoms with Gasteiger partial charge in [-0.25, -0.2) is 0 Å². The van der Waals surface area contributed by atoms with E-state index in [1.807, 2.05) is 29.8 Å². The highest BCUT2D eigenvalue weighted by atomic mass is 16.3. The molecule has 0 fully saturated rings. The number of aliphatic hydroxyl groups is 1. The molecule has 0 aliphatic carbocycles. The first kappa shape index (κ1) is 16.3. The minimum absolute atomic E-state index is 0.111. The molecule has 0 radical (unpaired) electrons. The molecule has 1 aromatic heterocycles. The summed E-state index contributed by atoms with van der Waals surface area (Å²) in [5.41, 5.74) is 8.12. The van der Waals surface area contributed by atoms with Crippen LogP contribution in [-0.2, 0) is 22.7 Å². The number of nitrogens with two attached hydrogens (primary N) is 1. The van der Waals surface area contributed by atoms with Crippen LogP contribution in [0, 0.1) is 0 Å². The molecule has 0 spiro atoms. The number of rotatable bonds is 6. The number of nitrogens with one attached hydrogen (secondary N) is 1. The van der Waals surface area contributed by atoms with Crippen LogP contribution < -0.4 is 11.1 Å². The maximum atomic E-state index is 11.9. The maximum Gasteiger partial charge on any atom is 0.242 e. The van der Waals surface area contributed by atoms with Crippen LogP contribution in [0.15, 0.2) is 24.3 Å². The molecule has 24 heavy (non-hydrogen) atoms. The van der Waals surface area contributed by atoms with Gasteiger partial charge in [0.05, 0.1) is 12.6 Å². The van der Waals surface area contributed by atoms with E-state index in [9.17, 15) is 14.7 Å². The Kier molecular flexibility index (Phi) is 4.44. The minimum Gasteiger partial charge on any atom is -0.391 e. The van der Waals surface area contributed by atoms with Crippen LogP contribution >= 0.6 is 0 Å². The summed E-state index contributed by atoms with van der Waals surface area (Å²) in [5.74, 6) is -0.297. The fourth-order valence-corrected chi connectivity index (χ4v) is 2.99. The molecule has 1 atom stereocenters. The van der Waals surface area contributed by atoms with E-state index < -0.39 is 12.0 Å². The zero-order chi connectivity index (χ0) is 17.3. The first-order chi connectivity index (χ1) is 11.4. The molecule has 2 amide bonds. The molecular formula is C17H22N4O3. The average Bonchev–Trinajstić information content (AvgIpc) is 2.88. The summed E-state index contributed by atoms with van der Waals surface area (Å²) < 4.78 is 2.04. The number of primary amides is 1. The van der Waals surface area contributed by atoms with Crippen molar-refractivity contribution in [1.82, 2.24) is 9.47 Å². The maximum absolute atomic E-state index is 11.9. The Morgan fingerprint density at radius 1 is 1.38 bits per heavy atom. The zero-order valence-electron chi connectivity index (χ0n) is 13.7. The fourth-order valence-electron chi connectivity index (χ4n) is 2.99. The van der Waals surface area contributed by atoms with Gasteiger partial charge < -0.3 is 25.6 Å². The quantitative estimate of drug-likeness (QED) is 0.724. The number of amides is 2. The van der Waals surface area contributed by atoms with Crippen LogP contribution in [0.5, 0.6) is 0 Å². The summed E-state index contributed by atoms with van der Waals surface area (Å²) in [5, 5.41) is 14.1. The van der Waals surface area contributed by atoms with Gasteiger partial charge in [0.1, 0.15) is 6.54 Å². The molecule has 0 unspecified atom stereocenters. The van der Waals surface area contributed by atoms with Crippen molar-refractivity contribution in [1.29, 1.82) is 0 Å². The molecule has 7 heteroatoms. The summed E-state index contributed by atoms with van der Waals surface area (Å²) in [6.45, 7) is 1.34. The summed E-state index contributed by atoms with van der Waals surface area (Å²) >= 11 is 0. The molecule has 2 heterocycles. The smallest absolute Gasteiger partial charge is 0.242 e. The van der Waals surface area contributed by atoms with Crippen LogP contribution in [-0.4, -0.2) is 46.1 Å². The number of carbonyl (C=O) groups excluding carboxylic acids is 2. The standard InChI is InChI=1S/C17H22N4O3/c1-20-9-13-7-11-6-12(19-8-14(22)3-5-16(18)23)2-4-15(11)21(13)10-17(20)24/h2,4,6-7,14,19,22H,3,5,8-10H2,1H3,(H2,18,23)/t14-/m1/s1. The van der Waals surface area contributed by atoms with Gasteiger partial charge in [0, 0.05) is 42.3 Å². The number of carbonyl (C=O) groups is 2. The number of nitrogens with zero attached hydrogens (tertiary/aromatic N) is 2. The zero-order valence-corrected chi connectivity index (χ0v) is 13.7. The van der Waals surface area contributed by atoms with E-state index >= 15 is 0 Å². The number of benzene rings is 1. The average molecular weight is 330 g/mol. The number of hydrogen-bond acceptors (Lipinski definition) is 4. The van der Waals surface area contributed by atoms with E-state index in [-0.39, 0.29) is 12.3 Å². The van der Waals surface area contributed by atoms with Gasteiger partial charge in [0.15, 0.2) is 0 Å². The molecular weight excluding hydrogens is 308 g/mol. The number of aromatic nitrogens is 1. The van der Waals surface area contributed by atoms with Gasteiger partial charge in [-0.3, -0.25) is 9.59 Å². The molecule has 7 nitrogen and oxygen atoms in total. The largest absolute Gasteiger partial charge is 0.391 e. The number of anilines is 1. The number of aliphatic hydroxyl groups excluding tert-OH is 1. The predicted octanol–water partition coefficient (Wildman–Crippen LogP) is 0.652. The molecule has 1 aliphatic rings. The van der Waals surface area contributed by atoms with Crippen LogP contribution in [0.4, 0.5) is 5.69 Å². The van der Waals surface area contributed by atoms with E-state index in [0.29, 0.717) is 26.1 Å². The van der Waals surface area contributed by atoms with Crippen LogP contribution in [0.3, 0.4) is 0 Å². The summed E-state index contributed by atoms with van der Waals surface area (Å²) in [7, 11) is 1.81. The molecule has 4 N–H and O–H groups in total. The molecule has 1 aliphatic heterocycles. The van der Waals surface area contributed by atoms with Crippen LogP contribution in [0.2, 0.25) is 0 Å². The van der Waals surface area contributed by atoms with E-state index in [4.69, 9.17) is 5.73 Å². The van der Waals surface area contributed by atoms with Crippen molar-refractivity contribution >= 4 is 28.4 Å². The number of fused-ring (bicyclic) bond motifs is 3. The SMILES string of the molecule is CN1Cc2cc3cc(NC[C@H](O)CCC(N)=O)ccc3n2CC1=O. The Balaban J connectivity index is 1.71. The molecule has 2 aromatic rings. The Morgan fingerprint density at radius 2 is 2.17 bits per heavy atom. The van der Waals surface area contributed by atoms with Crippen molar-refractivity contribution in [3.05, 3.63) is 30.0 Å². The Hall–Kier alpha value is -2.54. The highest BCUT2D eigenvalue weighted by Gasteiger charge is 2.21. The van der Waals surface area contributed by atoms with E-state index in [2.05, 4.69) is 11.4 Å². The third-order valence-electron chi connectivity index (χ3n) is 4.37. The van der Waals surface area contributed by atoms with Gasteiger partial charge in [-0.2, -0.15) is 0 Å². The number of hydrogen-bond donors (Lipinski definition) is 3. The molecule has 1 aromatic carbocycles. The van der Waals surface area contributed by atoms with Gasteiger partial charge in [-0.05, 0) is 30.7 Å². The Bertz CT molecular complexity index is 783. The van der Waals surface area contributed by atoms with Crippen LogP contribution in [0.25, 0.3) is 10.9 Å². The molecule has 0 saturated carbocycles. The first-order valence-corrected chi connectivity index (χ1v) is 8.00. The van der Waals surface area contributed by atoms with Crippen molar-refractivity contribution in [3.63, 3.8) is 0 Å². The normalized spacial score (nSPS) is 15.4. The summed E-state index contributed by atoms with van der Waals surface area (Å²) in [4.78, 5) is 24.3. The topological polar surface area (TPSA) is 101 Å². The molecule has 128 valence electrons. The lowest BCUT2D eigenvalue weighted by Gasteiger charge is -2.25. The van der Waals surface area contributed by atoms with Crippen molar-refractivity contribution in [3.8, 4) is 0 Å². The highest BCUT2D eigenvalue weighted by Crippen LogP contribution is 2.26. The second kappa shape index (κ2) is 6.52. The lowest BCUT2D eigenvalue weighted by Crippen LogP contribution is -2.35. The lowest BCUT2D eigenvalue weighted by atomic mass is 10.2. The third-order valence-corrected chi connectivity index (χ3v) is 4.37. The predicted molar refractivity (Wildman–Crippen MR) is 91.3 cm³/mol. The summed E-state index contributed by atoms with van der Waals surface area (Å²) in [6.07, 6.45) is -0.100. The van der Waals surface area contributed by atoms with Gasteiger partial charge >= 0.3 is 0 Å². The van der Waals surface area contributed by atoms with Gasteiger partial charge in [0.2, 0.25) is 11.8 Å². The van der Waals surface area contributed by atoms with E-state index in [0.717, 1.165) is 22.3 Å². The molecule has 0 bridgehead atoms. The van der Waals surface area contributed by atoms with Gasteiger partial charge in [-0.15, -0.1) is 0 Å². The third kappa shape index (κ3) is 3.35.